The number of pyridine rings is 1. The minimum atomic E-state index is 0.355. The van der Waals surface area contributed by atoms with Crippen LogP contribution in [0.2, 0.25) is 0 Å². The van der Waals surface area contributed by atoms with Gasteiger partial charge in [0, 0.05) is 30.9 Å². The van der Waals surface area contributed by atoms with Gasteiger partial charge in [0.15, 0.2) is 0 Å². The van der Waals surface area contributed by atoms with Crippen molar-refractivity contribution >= 4 is 0 Å². The van der Waals surface area contributed by atoms with E-state index in [9.17, 15) is 0 Å². The summed E-state index contributed by atoms with van der Waals surface area (Å²) in [7, 11) is 0. The average Bonchev–Trinajstić information content (AvgIpc) is 2.74. The number of benzene rings is 2. The molecule has 2 N–H and O–H groups in total. The van der Waals surface area contributed by atoms with Gasteiger partial charge in [-0.05, 0) is 48.7 Å². The molecular formula is C23H25N3O. The Hall–Kier alpha value is -2.69. The highest BCUT2D eigenvalue weighted by Gasteiger charge is 2.25. The van der Waals surface area contributed by atoms with E-state index in [4.69, 9.17) is 4.74 Å². The lowest BCUT2D eigenvalue weighted by atomic mass is 9.92. The van der Waals surface area contributed by atoms with Crippen molar-refractivity contribution in [3.05, 3.63) is 90.1 Å². The highest BCUT2D eigenvalue weighted by Crippen LogP contribution is 2.25. The lowest BCUT2D eigenvalue weighted by molar-refractivity contribution is 0.304. The van der Waals surface area contributed by atoms with Gasteiger partial charge in [-0.3, -0.25) is 0 Å². The quantitative estimate of drug-likeness (QED) is 0.682. The normalized spacial score (nSPS) is 19.6. The molecule has 4 heteroatoms. The average molecular weight is 359 g/mol. The molecule has 0 bridgehead atoms. The first-order chi connectivity index (χ1) is 13.4. The van der Waals surface area contributed by atoms with Crippen molar-refractivity contribution in [1.82, 2.24) is 15.6 Å². The van der Waals surface area contributed by atoms with Crippen molar-refractivity contribution in [2.45, 2.75) is 31.5 Å². The lowest BCUT2D eigenvalue weighted by Gasteiger charge is -2.34. The first-order valence-corrected chi connectivity index (χ1v) is 9.58. The van der Waals surface area contributed by atoms with E-state index < -0.39 is 0 Å². The van der Waals surface area contributed by atoms with Gasteiger partial charge in [0.25, 0.3) is 0 Å². The molecule has 1 saturated heterocycles. The Bertz CT molecular complexity index is 839. The molecule has 1 aromatic heterocycles. The number of hydrogen-bond acceptors (Lipinski definition) is 4. The van der Waals surface area contributed by atoms with Crippen LogP contribution in [0.15, 0.2) is 79.0 Å². The standard InChI is InChI=1S/C23H25N3O/c1-2-9-19(10-3-1)23-21(12-7-15-25-23)26-17-18-8-6-11-20(16-18)27-22-13-4-5-14-24-22/h1-6,8-11,13-14,16,21,23,25-26H,7,12,15,17H2. The van der Waals surface area contributed by atoms with Crippen LogP contribution in [-0.4, -0.2) is 17.6 Å². The Morgan fingerprint density at radius 1 is 1.00 bits per heavy atom. The van der Waals surface area contributed by atoms with Crippen molar-refractivity contribution in [3.63, 3.8) is 0 Å². The van der Waals surface area contributed by atoms with Crippen molar-refractivity contribution in [2.75, 3.05) is 6.54 Å². The highest BCUT2D eigenvalue weighted by atomic mass is 16.5. The molecule has 1 fully saturated rings. The molecule has 1 aliphatic rings. The van der Waals surface area contributed by atoms with Crippen molar-refractivity contribution in [2.24, 2.45) is 0 Å². The molecule has 0 spiro atoms. The van der Waals surface area contributed by atoms with Gasteiger partial charge in [-0.1, -0.05) is 48.5 Å². The number of piperidine rings is 1. The van der Waals surface area contributed by atoms with Crippen LogP contribution in [-0.2, 0) is 6.54 Å². The van der Waals surface area contributed by atoms with E-state index in [1.54, 1.807) is 6.20 Å². The fourth-order valence-electron chi connectivity index (χ4n) is 3.62. The van der Waals surface area contributed by atoms with E-state index >= 15 is 0 Å². The second-order valence-electron chi connectivity index (χ2n) is 6.89. The number of nitrogens with zero attached hydrogens (tertiary/aromatic N) is 1. The first-order valence-electron chi connectivity index (χ1n) is 9.58. The van der Waals surface area contributed by atoms with Crippen LogP contribution in [0.1, 0.15) is 30.0 Å². The molecule has 4 rings (SSSR count). The van der Waals surface area contributed by atoms with Gasteiger partial charge in [0.2, 0.25) is 5.88 Å². The zero-order chi connectivity index (χ0) is 18.3. The molecular weight excluding hydrogens is 334 g/mol. The Kier molecular flexibility index (Phi) is 5.77. The van der Waals surface area contributed by atoms with Crippen LogP contribution in [0, 0.1) is 0 Å². The smallest absolute Gasteiger partial charge is 0.219 e. The van der Waals surface area contributed by atoms with Crippen LogP contribution in [0.25, 0.3) is 0 Å². The Balaban J connectivity index is 1.41. The molecule has 3 aromatic rings. The van der Waals surface area contributed by atoms with E-state index in [1.807, 2.05) is 30.3 Å². The maximum absolute atomic E-state index is 5.85. The summed E-state index contributed by atoms with van der Waals surface area (Å²) in [6.45, 7) is 1.89. The predicted octanol–water partition coefficient (Wildman–Crippen LogP) is 4.46. The number of hydrogen-bond donors (Lipinski definition) is 2. The molecule has 0 saturated carbocycles. The number of rotatable bonds is 6. The number of aromatic nitrogens is 1. The molecule has 2 unspecified atom stereocenters. The van der Waals surface area contributed by atoms with Crippen LogP contribution < -0.4 is 15.4 Å². The molecule has 138 valence electrons. The second-order valence-corrected chi connectivity index (χ2v) is 6.89. The number of nitrogens with one attached hydrogen (secondary N) is 2. The van der Waals surface area contributed by atoms with Gasteiger partial charge in [0.1, 0.15) is 5.75 Å². The maximum Gasteiger partial charge on any atom is 0.219 e. The zero-order valence-corrected chi connectivity index (χ0v) is 15.3. The SMILES string of the molecule is c1ccc(C2NCCCC2NCc2cccc(Oc3ccccn3)c2)cc1. The summed E-state index contributed by atoms with van der Waals surface area (Å²) in [5, 5.41) is 7.41. The van der Waals surface area contributed by atoms with E-state index in [1.165, 1.54) is 24.0 Å². The summed E-state index contributed by atoms with van der Waals surface area (Å²) in [6.07, 6.45) is 4.11. The molecule has 1 aliphatic heterocycles. The summed E-state index contributed by atoms with van der Waals surface area (Å²) in [5.74, 6) is 1.43. The molecule has 27 heavy (non-hydrogen) atoms. The third-order valence-corrected chi connectivity index (χ3v) is 4.94. The summed E-state index contributed by atoms with van der Waals surface area (Å²) in [6, 6.07) is 25.4. The Morgan fingerprint density at radius 2 is 1.89 bits per heavy atom. The van der Waals surface area contributed by atoms with Crippen LogP contribution in [0.4, 0.5) is 0 Å². The van der Waals surface area contributed by atoms with Gasteiger partial charge in [0.05, 0.1) is 0 Å². The molecule has 0 aliphatic carbocycles. The van der Waals surface area contributed by atoms with E-state index in [0.717, 1.165) is 18.8 Å². The van der Waals surface area contributed by atoms with E-state index in [2.05, 4.69) is 58.1 Å². The van der Waals surface area contributed by atoms with Crippen LogP contribution in [0.3, 0.4) is 0 Å². The van der Waals surface area contributed by atoms with Gasteiger partial charge in [-0.25, -0.2) is 4.98 Å². The monoisotopic (exact) mass is 359 g/mol. The lowest BCUT2D eigenvalue weighted by Crippen LogP contribution is -2.45. The minimum Gasteiger partial charge on any atom is -0.439 e. The fourth-order valence-corrected chi connectivity index (χ4v) is 3.62. The summed E-state index contributed by atoms with van der Waals surface area (Å²) >= 11 is 0. The molecule has 2 atom stereocenters. The molecule has 0 radical (unpaired) electrons. The van der Waals surface area contributed by atoms with E-state index in [0.29, 0.717) is 18.0 Å². The number of ether oxygens (including phenoxy) is 1. The molecule has 0 amide bonds. The third-order valence-electron chi connectivity index (χ3n) is 4.94. The highest BCUT2D eigenvalue weighted by molar-refractivity contribution is 5.31. The van der Waals surface area contributed by atoms with Crippen molar-refractivity contribution in [1.29, 1.82) is 0 Å². The fraction of sp³-hybridized carbons (Fsp3) is 0.261. The maximum atomic E-state index is 5.85. The predicted molar refractivity (Wildman–Crippen MR) is 108 cm³/mol. The van der Waals surface area contributed by atoms with E-state index in [-0.39, 0.29) is 0 Å². The largest absolute Gasteiger partial charge is 0.439 e. The molecule has 2 aromatic carbocycles. The zero-order valence-electron chi connectivity index (χ0n) is 15.3. The van der Waals surface area contributed by atoms with Gasteiger partial charge < -0.3 is 15.4 Å². The summed E-state index contributed by atoms with van der Waals surface area (Å²) < 4.78 is 5.85. The second kappa shape index (κ2) is 8.80. The van der Waals surface area contributed by atoms with Gasteiger partial charge in [-0.15, -0.1) is 0 Å². The van der Waals surface area contributed by atoms with Crippen molar-refractivity contribution < 1.29 is 4.74 Å². The topological polar surface area (TPSA) is 46.2 Å². The van der Waals surface area contributed by atoms with Crippen LogP contribution in [0.5, 0.6) is 11.6 Å². The Labute approximate surface area is 160 Å². The van der Waals surface area contributed by atoms with Gasteiger partial charge >= 0.3 is 0 Å². The summed E-state index contributed by atoms with van der Waals surface area (Å²) in [4.78, 5) is 4.22. The van der Waals surface area contributed by atoms with Gasteiger partial charge in [-0.2, -0.15) is 0 Å². The first kappa shape index (κ1) is 17.7. The molecule has 2 heterocycles. The summed E-state index contributed by atoms with van der Waals surface area (Å²) in [5.41, 5.74) is 2.56. The minimum absolute atomic E-state index is 0.355. The van der Waals surface area contributed by atoms with Crippen LogP contribution >= 0.6 is 0 Å². The molecule has 4 nitrogen and oxygen atoms in total. The third kappa shape index (κ3) is 4.73. The van der Waals surface area contributed by atoms with Crippen molar-refractivity contribution in [3.8, 4) is 11.6 Å². The Morgan fingerprint density at radius 3 is 2.74 bits per heavy atom.